The zero-order valence-electron chi connectivity index (χ0n) is 9.50. The molecule has 5 nitrogen and oxygen atoms in total. The predicted molar refractivity (Wildman–Crippen MR) is 66.5 cm³/mol. The van der Waals surface area contributed by atoms with Gasteiger partial charge < -0.3 is 5.73 Å². The van der Waals surface area contributed by atoms with Crippen molar-refractivity contribution in [2.45, 2.75) is 24.0 Å². The molecule has 2 heterocycles. The number of aromatic nitrogens is 3. The fourth-order valence-electron chi connectivity index (χ4n) is 1.33. The van der Waals surface area contributed by atoms with Crippen molar-refractivity contribution in [1.29, 1.82) is 5.26 Å². The minimum atomic E-state index is -0.770. The molecular weight excluding hydrogens is 234 g/mol. The maximum Gasteiger partial charge on any atom is 0.195 e. The first-order valence-corrected chi connectivity index (χ1v) is 6.24. The van der Waals surface area contributed by atoms with Crippen LogP contribution in [-0.2, 0) is 0 Å². The number of fused-ring (bicyclic) bond motifs is 1. The minimum absolute atomic E-state index is 0.621. The molecule has 0 saturated heterocycles. The number of rotatable bonds is 4. The lowest BCUT2D eigenvalue weighted by Gasteiger charge is -2.13. The van der Waals surface area contributed by atoms with E-state index in [-0.39, 0.29) is 0 Å². The summed E-state index contributed by atoms with van der Waals surface area (Å²) < 4.78 is 1.92. The van der Waals surface area contributed by atoms with Crippen LogP contribution in [-0.4, -0.2) is 25.9 Å². The van der Waals surface area contributed by atoms with Gasteiger partial charge in [-0.3, -0.25) is 4.40 Å². The second kappa shape index (κ2) is 4.73. The van der Waals surface area contributed by atoms with Gasteiger partial charge in [0.25, 0.3) is 0 Å². The highest BCUT2D eigenvalue weighted by Crippen LogP contribution is 2.19. The Morgan fingerprint density at radius 2 is 2.35 bits per heavy atom. The molecule has 0 amide bonds. The van der Waals surface area contributed by atoms with E-state index in [9.17, 15) is 0 Å². The average molecular weight is 247 g/mol. The van der Waals surface area contributed by atoms with E-state index in [1.807, 2.05) is 28.8 Å². The molecule has 2 aromatic heterocycles. The third kappa shape index (κ3) is 2.75. The van der Waals surface area contributed by atoms with Crippen molar-refractivity contribution in [3.8, 4) is 6.07 Å². The van der Waals surface area contributed by atoms with Crippen LogP contribution in [0.2, 0.25) is 0 Å². The number of pyridine rings is 1. The summed E-state index contributed by atoms with van der Waals surface area (Å²) in [5.74, 6) is 0.746. The highest BCUT2D eigenvalue weighted by molar-refractivity contribution is 7.99. The fraction of sp³-hybridized carbons (Fsp3) is 0.364. The molecule has 2 aromatic rings. The van der Waals surface area contributed by atoms with Gasteiger partial charge >= 0.3 is 0 Å². The number of nitriles is 1. The topological polar surface area (TPSA) is 80.0 Å². The van der Waals surface area contributed by atoms with E-state index in [1.165, 1.54) is 0 Å². The Morgan fingerprint density at radius 3 is 3.12 bits per heavy atom. The summed E-state index contributed by atoms with van der Waals surface area (Å²) in [5.41, 5.74) is 5.81. The lowest BCUT2D eigenvalue weighted by atomic mass is 10.0. The molecule has 0 aliphatic heterocycles. The molecule has 2 rings (SSSR count). The summed E-state index contributed by atoms with van der Waals surface area (Å²) in [6.45, 7) is 1.73. The average Bonchev–Trinajstić information content (AvgIpc) is 2.73. The molecule has 0 spiro atoms. The Bertz CT molecular complexity index is 554. The van der Waals surface area contributed by atoms with E-state index in [1.54, 1.807) is 18.7 Å². The van der Waals surface area contributed by atoms with Crippen molar-refractivity contribution in [2.75, 3.05) is 5.75 Å². The van der Waals surface area contributed by atoms with Crippen LogP contribution < -0.4 is 5.73 Å². The molecule has 0 aliphatic rings. The van der Waals surface area contributed by atoms with E-state index in [2.05, 4.69) is 16.3 Å². The first-order valence-electron chi connectivity index (χ1n) is 5.25. The lowest BCUT2D eigenvalue weighted by molar-refractivity contribution is 0.583. The van der Waals surface area contributed by atoms with Crippen molar-refractivity contribution in [2.24, 2.45) is 5.73 Å². The van der Waals surface area contributed by atoms with Crippen LogP contribution in [0.5, 0.6) is 0 Å². The van der Waals surface area contributed by atoms with E-state index in [0.717, 1.165) is 16.6 Å². The van der Waals surface area contributed by atoms with Crippen molar-refractivity contribution < 1.29 is 0 Å². The highest BCUT2D eigenvalue weighted by atomic mass is 32.2. The maximum atomic E-state index is 8.81. The smallest absolute Gasteiger partial charge is 0.195 e. The molecular formula is C11H13N5S. The summed E-state index contributed by atoms with van der Waals surface area (Å²) >= 11 is 1.56. The van der Waals surface area contributed by atoms with Gasteiger partial charge in [0, 0.05) is 11.9 Å². The van der Waals surface area contributed by atoms with Gasteiger partial charge in [0.1, 0.15) is 5.54 Å². The van der Waals surface area contributed by atoms with E-state index in [4.69, 9.17) is 11.0 Å². The predicted octanol–water partition coefficient (Wildman–Crippen LogP) is 1.45. The molecule has 0 radical (unpaired) electrons. The molecule has 1 unspecified atom stereocenters. The molecule has 0 saturated carbocycles. The van der Waals surface area contributed by atoms with Gasteiger partial charge in [-0.1, -0.05) is 17.8 Å². The lowest BCUT2D eigenvalue weighted by Crippen LogP contribution is -2.34. The number of nitrogens with zero attached hydrogens (tertiary/aromatic N) is 4. The van der Waals surface area contributed by atoms with E-state index in [0.29, 0.717) is 6.42 Å². The molecule has 0 aromatic carbocycles. The molecule has 6 heteroatoms. The van der Waals surface area contributed by atoms with Crippen molar-refractivity contribution in [3.63, 3.8) is 0 Å². The molecule has 88 valence electrons. The normalized spacial score (nSPS) is 14.4. The van der Waals surface area contributed by atoms with Crippen LogP contribution in [0.4, 0.5) is 0 Å². The Morgan fingerprint density at radius 1 is 1.53 bits per heavy atom. The SMILES string of the molecule is CC(N)(C#N)CCSc1nnc2ccccn12. The van der Waals surface area contributed by atoms with Crippen LogP contribution in [0.1, 0.15) is 13.3 Å². The summed E-state index contributed by atoms with van der Waals surface area (Å²) in [7, 11) is 0. The van der Waals surface area contributed by atoms with Gasteiger partial charge in [-0.25, -0.2) is 0 Å². The Balaban J connectivity index is 2.03. The summed E-state index contributed by atoms with van der Waals surface area (Å²) in [6.07, 6.45) is 2.54. The van der Waals surface area contributed by atoms with Gasteiger partial charge in [0.2, 0.25) is 0 Å². The number of thioether (sulfide) groups is 1. The first-order chi connectivity index (χ1) is 8.12. The van der Waals surface area contributed by atoms with E-state index < -0.39 is 5.54 Å². The van der Waals surface area contributed by atoms with Crippen molar-refractivity contribution >= 4 is 17.4 Å². The van der Waals surface area contributed by atoms with E-state index >= 15 is 0 Å². The number of nitrogens with two attached hydrogens (primary N) is 1. The third-order valence-electron chi connectivity index (χ3n) is 2.39. The quantitative estimate of drug-likeness (QED) is 0.827. The zero-order valence-corrected chi connectivity index (χ0v) is 10.3. The Kier molecular flexibility index (Phi) is 3.31. The summed E-state index contributed by atoms with van der Waals surface area (Å²) in [5, 5.41) is 17.8. The molecule has 17 heavy (non-hydrogen) atoms. The van der Waals surface area contributed by atoms with Gasteiger partial charge in [0.15, 0.2) is 10.8 Å². The van der Waals surface area contributed by atoms with Crippen LogP contribution in [0.15, 0.2) is 29.6 Å². The van der Waals surface area contributed by atoms with Crippen LogP contribution >= 0.6 is 11.8 Å². The maximum absolute atomic E-state index is 8.81. The van der Waals surface area contributed by atoms with Crippen LogP contribution in [0.3, 0.4) is 0 Å². The van der Waals surface area contributed by atoms with Gasteiger partial charge in [0.05, 0.1) is 6.07 Å². The largest absolute Gasteiger partial charge is 0.314 e. The van der Waals surface area contributed by atoms with Gasteiger partial charge in [-0.15, -0.1) is 10.2 Å². The third-order valence-corrected chi connectivity index (χ3v) is 3.34. The standard InChI is InChI=1S/C11H13N5S/c1-11(13,8-12)5-7-17-10-15-14-9-4-2-3-6-16(9)10/h2-4,6H,5,7,13H2,1H3. The van der Waals surface area contributed by atoms with Crippen molar-refractivity contribution in [3.05, 3.63) is 24.4 Å². The second-order valence-electron chi connectivity index (χ2n) is 4.04. The molecule has 0 fully saturated rings. The summed E-state index contributed by atoms with van der Waals surface area (Å²) in [4.78, 5) is 0. The zero-order chi connectivity index (χ0) is 12.3. The summed E-state index contributed by atoms with van der Waals surface area (Å²) in [6, 6.07) is 7.84. The minimum Gasteiger partial charge on any atom is -0.314 e. The fourth-order valence-corrected chi connectivity index (χ4v) is 2.43. The molecule has 0 bridgehead atoms. The van der Waals surface area contributed by atoms with Crippen molar-refractivity contribution in [1.82, 2.24) is 14.6 Å². The first kappa shape index (κ1) is 11.9. The molecule has 1 atom stereocenters. The molecule has 2 N–H and O–H groups in total. The highest BCUT2D eigenvalue weighted by Gasteiger charge is 2.17. The number of hydrogen-bond acceptors (Lipinski definition) is 5. The van der Waals surface area contributed by atoms with Crippen LogP contribution in [0.25, 0.3) is 5.65 Å². The Labute approximate surface area is 104 Å². The van der Waals surface area contributed by atoms with Gasteiger partial charge in [-0.05, 0) is 25.5 Å². The van der Waals surface area contributed by atoms with Crippen LogP contribution in [0, 0.1) is 11.3 Å². The second-order valence-corrected chi connectivity index (χ2v) is 5.10. The van der Waals surface area contributed by atoms with Gasteiger partial charge in [-0.2, -0.15) is 5.26 Å². The Hall–Kier alpha value is -1.58. The number of hydrogen-bond donors (Lipinski definition) is 1. The monoisotopic (exact) mass is 247 g/mol. The molecule has 0 aliphatic carbocycles.